The number of carbonyl (C=O) groups is 1. The van der Waals surface area contributed by atoms with E-state index in [9.17, 15) is 4.79 Å². The average molecular weight is 355 g/mol. The molecule has 4 nitrogen and oxygen atoms in total. The molecule has 3 aromatic carbocycles. The Kier molecular flexibility index (Phi) is 4.62. The van der Waals surface area contributed by atoms with E-state index in [0.29, 0.717) is 6.54 Å². The first-order chi connectivity index (χ1) is 13.2. The summed E-state index contributed by atoms with van der Waals surface area (Å²) >= 11 is 0. The second kappa shape index (κ2) is 7.38. The van der Waals surface area contributed by atoms with Crippen molar-refractivity contribution in [3.8, 4) is 11.3 Å². The van der Waals surface area contributed by atoms with Crippen LogP contribution in [-0.2, 0) is 6.54 Å². The number of aromatic amines is 1. The molecule has 0 aliphatic carbocycles. The van der Waals surface area contributed by atoms with E-state index >= 15 is 0 Å². The van der Waals surface area contributed by atoms with Crippen LogP contribution in [0.15, 0.2) is 78.9 Å². The van der Waals surface area contributed by atoms with Crippen molar-refractivity contribution >= 4 is 22.6 Å². The van der Waals surface area contributed by atoms with Crippen LogP contribution in [0.5, 0.6) is 0 Å². The highest BCUT2D eigenvalue weighted by atomic mass is 16.2. The summed E-state index contributed by atoms with van der Waals surface area (Å²) in [5, 5.41) is 6.96. The van der Waals surface area contributed by atoms with Crippen LogP contribution in [-0.4, -0.2) is 11.0 Å². The molecule has 1 heterocycles. The van der Waals surface area contributed by atoms with Crippen molar-refractivity contribution in [3.05, 3.63) is 90.0 Å². The number of rotatable bonds is 4. The van der Waals surface area contributed by atoms with Gasteiger partial charge in [0.25, 0.3) is 0 Å². The van der Waals surface area contributed by atoms with Gasteiger partial charge < -0.3 is 15.6 Å². The SMILES string of the molecule is Cc1ccc(CNC(=O)Nc2c(-c3ccccc3)[nH]c3ccccc23)cc1. The lowest BCUT2D eigenvalue weighted by Gasteiger charge is -2.10. The highest BCUT2D eigenvalue weighted by Gasteiger charge is 2.15. The molecule has 0 fully saturated rings. The van der Waals surface area contributed by atoms with Crippen molar-refractivity contribution in [2.45, 2.75) is 13.5 Å². The van der Waals surface area contributed by atoms with Gasteiger partial charge in [-0.2, -0.15) is 0 Å². The van der Waals surface area contributed by atoms with Gasteiger partial charge in [0.15, 0.2) is 0 Å². The largest absolute Gasteiger partial charge is 0.353 e. The van der Waals surface area contributed by atoms with Gasteiger partial charge in [-0.15, -0.1) is 0 Å². The summed E-state index contributed by atoms with van der Waals surface area (Å²) in [6.45, 7) is 2.53. The summed E-state index contributed by atoms with van der Waals surface area (Å²) in [5.41, 5.74) is 5.99. The van der Waals surface area contributed by atoms with Gasteiger partial charge in [-0.1, -0.05) is 78.4 Å². The van der Waals surface area contributed by atoms with E-state index in [1.807, 2.05) is 85.8 Å². The molecule has 0 aliphatic rings. The van der Waals surface area contributed by atoms with Crippen LogP contribution in [0.4, 0.5) is 10.5 Å². The summed E-state index contributed by atoms with van der Waals surface area (Å²) in [7, 11) is 0. The second-order valence-corrected chi connectivity index (χ2v) is 6.58. The highest BCUT2D eigenvalue weighted by Crippen LogP contribution is 2.34. The summed E-state index contributed by atoms with van der Waals surface area (Å²) in [6.07, 6.45) is 0. The Bertz CT molecular complexity index is 1070. The molecule has 0 atom stereocenters. The monoisotopic (exact) mass is 355 g/mol. The number of urea groups is 1. The number of benzene rings is 3. The number of hydrogen-bond acceptors (Lipinski definition) is 1. The van der Waals surface area contributed by atoms with E-state index in [0.717, 1.165) is 33.4 Å². The van der Waals surface area contributed by atoms with Crippen molar-refractivity contribution in [3.63, 3.8) is 0 Å². The zero-order valence-electron chi connectivity index (χ0n) is 15.1. The van der Waals surface area contributed by atoms with E-state index in [1.54, 1.807) is 0 Å². The smallest absolute Gasteiger partial charge is 0.319 e. The summed E-state index contributed by atoms with van der Waals surface area (Å²) < 4.78 is 0. The molecular formula is C23H21N3O. The third-order valence-electron chi connectivity index (χ3n) is 4.58. The van der Waals surface area contributed by atoms with Crippen LogP contribution in [0.1, 0.15) is 11.1 Å². The van der Waals surface area contributed by atoms with Gasteiger partial charge in [0.1, 0.15) is 0 Å². The molecule has 1 aromatic heterocycles. The maximum atomic E-state index is 12.5. The zero-order valence-corrected chi connectivity index (χ0v) is 15.1. The molecule has 0 spiro atoms. The van der Waals surface area contributed by atoms with Crippen molar-refractivity contribution < 1.29 is 4.79 Å². The number of nitrogens with one attached hydrogen (secondary N) is 3. The Morgan fingerprint density at radius 1 is 0.889 bits per heavy atom. The van der Waals surface area contributed by atoms with E-state index in [1.165, 1.54) is 5.56 Å². The third kappa shape index (κ3) is 3.70. The maximum absolute atomic E-state index is 12.5. The topological polar surface area (TPSA) is 56.9 Å². The van der Waals surface area contributed by atoms with Crippen LogP contribution in [0.2, 0.25) is 0 Å². The number of carbonyl (C=O) groups excluding carboxylic acids is 1. The van der Waals surface area contributed by atoms with Gasteiger partial charge >= 0.3 is 6.03 Å². The molecular weight excluding hydrogens is 334 g/mol. The number of H-pyrrole nitrogens is 1. The number of amides is 2. The second-order valence-electron chi connectivity index (χ2n) is 6.58. The van der Waals surface area contributed by atoms with Crippen LogP contribution in [0.3, 0.4) is 0 Å². The van der Waals surface area contributed by atoms with E-state index in [4.69, 9.17) is 0 Å². The molecule has 0 aliphatic heterocycles. The van der Waals surface area contributed by atoms with E-state index in [2.05, 4.69) is 15.6 Å². The minimum Gasteiger partial charge on any atom is -0.353 e. The number of hydrogen-bond donors (Lipinski definition) is 3. The Labute approximate surface area is 158 Å². The molecule has 0 saturated carbocycles. The average Bonchev–Trinajstić information content (AvgIpc) is 3.07. The standard InChI is InChI=1S/C23H21N3O/c1-16-11-13-17(14-12-16)15-24-23(27)26-22-19-9-5-6-10-20(19)25-21(22)18-7-3-2-4-8-18/h2-14,25H,15H2,1H3,(H2,24,26,27). The van der Waals surface area contributed by atoms with Crippen molar-refractivity contribution in [1.29, 1.82) is 0 Å². The fourth-order valence-electron chi connectivity index (χ4n) is 3.14. The number of aromatic nitrogens is 1. The van der Waals surface area contributed by atoms with Gasteiger partial charge in [0.2, 0.25) is 0 Å². The number of fused-ring (bicyclic) bond motifs is 1. The first kappa shape index (κ1) is 16.9. The first-order valence-electron chi connectivity index (χ1n) is 8.97. The van der Waals surface area contributed by atoms with E-state index < -0.39 is 0 Å². The molecule has 4 heteroatoms. The fraction of sp³-hybridized carbons (Fsp3) is 0.0870. The Morgan fingerprint density at radius 2 is 1.59 bits per heavy atom. The maximum Gasteiger partial charge on any atom is 0.319 e. The number of anilines is 1. The van der Waals surface area contributed by atoms with Crippen molar-refractivity contribution in [2.24, 2.45) is 0 Å². The lowest BCUT2D eigenvalue weighted by Crippen LogP contribution is -2.28. The Balaban J connectivity index is 1.59. The molecule has 4 aromatic rings. The van der Waals surface area contributed by atoms with Crippen LogP contribution in [0.25, 0.3) is 22.2 Å². The van der Waals surface area contributed by atoms with Crippen LogP contribution < -0.4 is 10.6 Å². The predicted molar refractivity (Wildman–Crippen MR) is 111 cm³/mol. The molecule has 0 saturated heterocycles. The molecule has 4 rings (SSSR count). The predicted octanol–water partition coefficient (Wildman–Crippen LogP) is 5.47. The summed E-state index contributed by atoms with van der Waals surface area (Å²) in [4.78, 5) is 16.0. The van der Waals surface area contributed by atoms with Gasteiger partial charge in [0, 0.05) is 23.0 Å². The van der Waals surface area contributed by atoms with Gasteiger partial charge in [-0.3, -0.25) is 0 Å². The minimum atomic E-state index is -0.225. The Morgan fingerprint density at radius 3 is 2.37 bits per heavy atom. The zero-order chi connectivity index (χ0) is 18.6. The Hall–Kier alpha value is -3.53. The number of aryl methyl sites for hydroxylation is 1. The van der Waals surface area contributed by atoms with Crippen LogP contribution >= 0.6 is 0 Å². The van der Waals surface area contributed by atoms with E-state index in [-0.39, 0.29) is 6.03 Å². The molecule has 2 amide bonds. The summed E-state index contributed by atoms with van der Waals surface area (Å²) in [5.74, 6) is 0. The molecule has 0 radical (unpaired) electrons. The molecule has 0 unspecified atom stereocenters. The van der Waals surface area contributed by atoms with Gasteiger partial charge in [0.05, 0.1) is 11.4 Å². The number of para-hydroxylation sites is 1. The molecule has 3 N–H and O–H groups in total. The van der Waals surface area contributed by atoms with Crippen molar-refractivity contribution in [1.82, 2.24) is 10.3 Å². The van der Waals surface area contributed by atoms with Gasteiger partial charge in [-0.25, -0.2) is 4.79 Å². The van der Waals surface area contributed by atoms with Crippen LogP contribution in [0, 0.1) is 6.92 Å². The molecule has 27 heavy (non-hydrogen) atoms. The highest BCUT2D eigenvalue weighted by molar-refractivity contribution is 6.07. The molecule has 134 valence electrons. The summed E-state index contributed by atoms with van der Waals surface area (Å²) in [6, 6.07) is 25.9. The fourth-order valence-corrected chi connectivity index (χ4v) is 3.14. The lowest BCUT2D eigenvalue weighted by molar-refractivity contribution is 0.252. The normalized spacial score (nSPS) is 10.7. The van der Waals surface area contributed by atoms with Crippen molar-refractivity contribution in [2.75, 3.05) is 5.32 Å². The third-order valence-corrected chi connectivity index (χ3v) is 4.58. The minimum absolute atomic E-state index is 0.225. The van der Waals surface area contributed by atoms with Gasteiger partial charge in [-0.05, 0) is 18.6 Å². The first-order valence-corrected chi connectivity index (χ1v) is 8.97. The lowest BCUT2D eigenvalue weighted by atomic mass is 10.1. The quantitative estimate of drug-likeness (QED) is 0.447. The molecule has 0 bridgehead atoms.